The highest BCUT2D eigenvalue weighted by molar-refractivity contribution is 7.99. The molecule has 2 aromatic rings. The third-order valence-electron chi connectivity index (χ3n) is 3.30. The van der Waals surface area contributed by atoms with Crippen molar-refractivity contribution in [2.45, 2.75) is 37.2 Å². The molecule has 21 heavy (non-hydrogen) atoms. The van der Waals surface area contributed by atoms with E-state index in [9.17, 15) is 13.2 Å². The van der Waals surface area contributed by atoms with Crippen LogP contribution in [0.15, 0.2) is 18.2 Å². The van der Waals surface area contributed by atoms with E-state index in [2.05, 4.69) is 11.9 Å². The zero-order valence-electron chi connectivity index (χ0n) is 11.9. The van der Waals surface area contributed by atoms with E-state index < -0.39 is 11.7 Å². The predicted octanol–water partition coefficient (Wildman–Crippen LogP) is 5.11. The molecule has 0 aliphatic heterocycles. The van der Waals surface area contributed by atoms with Gasteiger partial charge in [-0.15, -0.1) is 11.6 Å². The second kappa shape index (κ2) is 6.08. The summed E-state index contributed by atoms with van der Waals surface area (Å²) in [6.07, 6.45) is -2.37. The molecule has 0 saturated heterocycles. The Labute approximate surface area is 130 Å². The van der Waals surface area contributed by atoms with Crippen LogP contribution in [0.4, 0.5) is 13.2 Å². The number of rotatable bonds is 4. The number of halogens is 4. The van der Waals surface area contributed by atoms with Crippen LogP contribution in [-0.4, -0.2) is 21.1 Å². The molecule has 116 valence electrons. The number of hydrogen-bond donors (Lipinski definition) is 0. The molecule has 2 unspecified atom stereocenters. The fraction of sp³-hybridized carbons (Fsp3) is 0.500. The molecule has 1 aromatic carbocycles. The second-order valence-electron chi connectivity index (χ2n) is 4.94. The number of imidazole rings is 1. The van der Waals surface area contributed by atoms with Gasteiger partial charge in [-0.1, -0.05) is 6.92 Å². The molecule has 0 N–H and O–H groups in total. The van der Waals surface area contributed by atoms with Gasteiger partial charge < -0.3 is 4.57 Å². The third kappa shape index (κ3) is 3.48. The van der Waals surface area contributed by atoms with E-state index >= 15 is 0 Å². The highest BCUT2D eigenvalue weighted by atomic mass is 35.5. The van der Waals surface area contributed by atoms with Crippen molar-refractivity contribution < 1.29 is 13.2 Å². The number of aromatic nitrogens is 2. The topological polar surface area (TPSA) is 17.8 Å². The van der Waals surface area contributed by atoms with Crippen molar-refractivity contribution in [2.24, 2.45) is 0 Å². The molecule has 0 bridgehead atoms. The van der Waals surface area contributed by atoms with Crippen LogP contribution in [0.5, 0.6) is 0 Å². The molecule has 0 aliphatic rings. The van der Waals surface area contributed by atoms with Crippen LogP contribution in [0.3, 0.4) is 0 Å². The van der Waals surface area contributed by atoms with Gasteiger partial charge in [-0.3, -0.25) is 0 Å². The Morgan fingerprint density at radius 1 is 1.33 bits per heavy atom. The number of nitrogens with zero attached hydrogens (tertiary/aromatic N) is 2. The lowest BCUT2D eigenvalue weighted by Gasteiger charge is -2.14. The molecule has 0 fully saturated rings. The van der Waals surface area contributed by atoms with Crippen LogP contribution in [-0.2, 0) is 12.7 Å². The van der Waals surface area contributed by atoms with E-state index in [-0.39, 0.29) is 5.38 Å². The molecule has 0 spiro atoms. The summed E-state index contributed by atoms with van der Waals surface area (Å²) >= 11 is 7.81. The largest absolute Gasteiger partial charge is 0.416 e. The molecular weight excluding hydrogens is 321 g/mol. The van der Waals surface area contributed by atoms with Gasteiger partial charge in [0, 0.05) is 11.8 Å². The van der Waals surface area contributed by atoms with Crippen LogP contribution >= 0.6 is 23.4 Å². The predicted molar refractivity (Wildman–Crippen MR) is 82.0 cm³/mol. The van der Waals surface area contributed by atoms with Crippen molar-refractivity contribution >= 4 is 34.4 Å². The molecular formula is C14H16ClF3N2S. The number of thioether (sulfide) groups is 1. The lowest BCUT2D eigenvalue weighted by molar-refractivity contribution is -0.137. The van der Waals surface area contributed by atoms with E-state index in [1.165, 1.54) is 6.07 Å². The van der Waals surface area contributed by atoms with Gasteiger partial charge in [0.15, 0.2) is 0 Å². The maximum Gasteiger partial charge on any atom is 0.416 e. The summed E-state index contributed by atoms with van der Waals surface area (Å²) in [6.45, 7) is 4.49. The van der Waals surface area contributed by atoms with Crippen molar-refractivity contribution in [2.75, 3.05) is 6.26 Å². The average Bonchev–Trinajstić information content (AvgIpc) is 2.76. The SMILES string of the molecule is CSC(C)Cn1c(C(C)Cl)nc2cc(C(F)(F)F)ccc21. The average molecular weight is 337 g/mol. The highest BCUT2D eigenvalue weighted by Gasteiger charge is 2.31. The van der Waals surface area contributed by atoms with E-state index in [0.717, 1.165) is 12.1 Å². The summed E-state index contributed by atoms with van der Waals surface area (Å²) in [4.78, 5) is 4.30. The van der Waals surface area contributed by atoms with Gasteiger partial charge in [0.2, 0.25) is 0 Å². The maximum atomic E-state index is 12.8. The Morgan fingerprint density at radius 3 is 2.52 bits per heavy atom. The first-order valence-corrected chi connectivity index (χ1v) is 8.20. The number of benzene rings is 1. The summed E-state index contributed by atoms with van der Waals surface area (Å²) in [5.74, 6) is 0.604. The highest BCUT2D eigenvalue weighted by Crippen LogP contribution is 2.33. The standard InChI is InChI=1S/C14H16ClF3N2S/c1-8(21-3)7-20-12-5-4-10(14(16,17)18)6-11(12)19-13(20)9(2)15/h4-6,8-9H,7H2,1-3H3. The molecule has 1 aromatic heterocycles. The van der Waals surface area contributed by atoms with Gasteiger partial charge in [0.25, 0.3) is 0 Å². The maximum absolute atomic E-state index is 12.8. The van der Waals surface area contributed by atoms with Crippen molar-refractivity contribution in [3.05, 3.63) is 29.6 Å². The fourth-order valence-electron chi connectivity index (χ4n) is 2.15. The van der Waals surface area contributed by atoms with Crippen LogP contribution in [0, 0.1) is 0 Å². The first-order chi connectivity index (χ1) is 9.74. The van der Waals surface area contributed by atoms with Crippen molar-refractivity contribution in [1.29, 1.82) is 0 Å². The minimum atomic E-state index is -4.36. The summed E-state index contributed by atoms with van der Waals surface area (Å²) in [7, 11) is 0. The van der Waals surface area contributed by atoms with Crippen LogP contribution in [0.1, 0.15) is 30.6 Å². The van der Waals surface area contributed by atoms with Gasteiger partial charge in [-0.05, 0) is 31.4 Å². The second-order valence-corrected chi connectivity index (χ2v) is 6.87. The van der Waals surface area contributed by atoms with E-state index in [1.54, 1.807) is 18.7 Å². The fourth-order valence-corrected chi connectivity index (χ4v) is 2.62. The molecule has 0 aliphatic carbocycles. The molecule has 0 saturated carbocycles. The smallest absolute Gasteiger partial charge is 0.326 e. The van der Waals surface area contributed by atoms with Gasteiger partial charge in [0.1, 0.15) is 5.82 Å². The number of alkyl halides is 4. The summed E-state index contributed by atoms with van der Waals surface area (Å²) in [6, 6.07) is 3.65. The summed E-state index contributed by atoms with van der Waals surface area (Å²) in [5, 5.41) is -0.0420. The number of fused-ring (bicyclic) bond motifs is 1. The Hall–Kier alpha value is -0.880. The lowest BCUT2D eigenvalue weighted by Crippen LogP contribution is -2.12. The molecule has 2 atom stereocenters. The first-order valence-electron chi connectivity index (χ1n) is 6.48. The molecule has 0 amide bonds. The van der Waals surface area contributed by atoms with Gasteiger partial charge >= 0.3 is 6.18 Å². The van der Waals surface area contributed by atoms with Gasteiger partial charge in [-0.2, -0.15) is 24.9 Å². The van der Waals surface area contributed by atoms with E-state index in [0.29, 0.717) is 28.7 Å². The Balaban J connectivity index is 2.57. The quantitative estimate of drug-likeness (QED) is 0.722. The van der Waals surface area contributed by atoms with Crippen LogP contribution < -0.4 is 0 Å². The van der Waals surface area contributed by atoms with Crippen molar-refractivity contribution in [3.63, 3.8) is 0 Å². The third-order valence-corrected chi connectivity index (χ3v) is 4.45. The molecule has 1 heterocycles. The van der Waals surface area contributed by atoms with Gasteiger partial charge in [-0.25, -0.2) is 4.98 Å². The van der Waals surface area contributed by atoms with Crippen molar-refractivity contribution in [1.82, 2.24) is 9.55 Å². The first kappa shape index (κ1) is 16.5. The normalized spacial score (nSPS) is 15.4. The zero-order chi connectivity index (χ0) is 15.8. The minimum Gasteiger partial charge on any atom is -0.326 e. The van der Waals surface area contributed by atoms with Crippen LogP contribution in [0.2, 0.25) is 0 Å². The van der Waals surface area contributed by atoms with E-state index in [1.807, 2.05) is 10.8 Å². The Bertz CT molecular complexity index is 637. The molecule has 2 rings (SSSR count). The minimum absolute atomic E-state index is 0.318. The van der Waals surface area contributed by atoms with Crippen molar-refractivity contribution in [3.8, 4) is 0 Å². The molecule has 7 heteroatoms. The summed E-state index contributed by atoms with van der Waals surface area (Å²) in [5.41, 5.74) is 0.332. The Morgan fingerprint density at radius 2 is 2.00 bits per heavy atom. The van der Waals surface area contributed by atoms with Gasteiger partial charge in [0.05, 0.1) is 22.0 Å². The molecule has 2 nitrogen and oxygen atoms in total. The number of hydrogen-bond acceptors (Lipinski definition) is 2. The lowest BCUT2D eigenvalue weighted by atomic mass is 10.2. The summed E-state index contributed by atoms with van der Waals surface area (Å²) < 4.78 is 40.3. The Kier molecular flexibility index (Phi) is 4.78. The zero-order valence-corrected chi connectivity index (χ0v) is 13.5. The van der Waals surface area contributed by atoms with E-state index in [4.69, 9.17) is 11.6 Å². The van der Waals surface area contributed by atoms with Crippen LogP contribution in [0.25, 0.3) is 11.0 Å². The molecule has 0 radical (unpaired) electrons. The monoisotopic (exact) mass is 336 g/mol.